The summed E-state index contributed by atoms with van der Waals surface area (Å²) >= 11 is 0. The third-order valence-electron chi connectivity index (χ3n) is 3.74. The summed E-state index contributed by atoms with van der Waals surface area (Å²) in [5.41, 5.74) is 1.97. The van der Waals surface area contributed by atoms with Gasteiger partial charge >= 0.3 is 5.97 Å². The fourth-order valence-electron chi connectivity index (χ4n) is 2.42. The number of aromatic nitrogens is 5. The van der Waals surface area contributed by atoms with Crippen molar-refractivity contribution in [2.45, 2.75) is 13.5 Å². The molecule has 0 unspecified atom stereocenters. The lowest BCUT2D eigenvalue weighted by atomic mass is 10.1. The van der Waals surface area contributed by atoms with Crippen LogP contribution >= 0.6 is 0 Å². The fourth-order valence-corrected chi connectivity index (χ4v) is 2.42. The van der Waals surface area contributed by atoms with Gasteiger partial charge in [0.1, 0.15) is 6.33 Å². The Morgan fingerprint density at radius 3 is 2.76 bits per heavy atom. The van der Waals surface area contributed by atoms with Gasteiger partial charge in [0.05, 0.1) is 18.3 Å². The van der Waals surface area contributed by atoms with E-state index >= 15 is 0 Å². The molecule has 0 saturated carbocycles. The Hall–Kier alpha value is -3.49. The minimum absolute atomic E-state index is 0.0507. The van der Waals surface area contributed by atoms with Crippen LogP contribution in [0.1, 0.15) is 32.0 Å². The van der Waals surface area contributed by atoms with Crippen LogP contribution in [0.2, 0.25) is 0 Å². The summed E-state index contributed by atoms with van der Waals surface area (Å²) in [7, 11) is 1.45. The van der Waals surface area contributed by atoms with E-state index < -0.39 is 11.9 Å². The predicted molar refractivity (Wildman–Crippen MR) is 88.4 cm³/mol. The Bertz CT molecular complexity index is 943. The number of nitrogens with zero attached hydrogens (tertiary/aromatic N) is 5. The SMILES string of the molecule is Cc1ccccc1Cn1cnc(NC(=O)c2cnn(C)c2C(=O)O)n1. The van der Waals surface area contributed by atoms with E-state index in [0.717, 1.165) is 15.8 Å². The first-order valence-corrected chi connectivity index (χ1v) is 7.46. The highest BCUT2D eigenvalue weighted by Gasteiger charge is 2.22. The smallest absolute Gasteiger partial charge is 0.354 e. The van der Waals surface area contributed by atoms with Gasteiger partial charge in [0.2, 0.25) is 5.95 Å². The van der Waals surface area contributed by atoms with Gasteiger partial charge in [0, 0.05) is 7.05 Å². The van der Waals surface area contributed by atoms with E-state index in [9.17, 15) is 9.59 Å². The van der Waals surface area contributed by atoms with Crippen LogP contribution in [-0.4, -0.2) is 41.5 Å². The quantitative estimate of drug-likeness (QED) is 0.724. The number of carbonyl (C=O) groups is 2. The number of amides is 1. The van der Waals surface area contributed by atoms with Gasteiger partial charge in [-0.15, -0.1) is 5.10 Å². The van der Waals surface area contributed by atoms with Gasteiger partial charge in [-0.25, -0.2) is 14.5 Å². The molecule has 1 amide bonds. The zero-order chi connectivity index (χ0) is 18.0. The number of nitrogens with one attached hydrogen (secondary N) is 1. The third-order valence-corrected chi connectivity index (χ3v) is 3.74. The first-order chi connectivity index (χ1) is 12.0. The van der Waals surface area contributed by atoms with Gasteiger partial charge in [0.25, 0.3) is 5.91 Å². The molecule has 9 nitrogen and oxygen atoms in total. The monoisotopic (exact) mass is 340 g/mol. The molecule has 0 bridgehead atoms. The summed E-state index contributed by atoms with van der Waals surface area (Å²) in [5.74, 6) is -1.76. The molecule has 0 fully saturated rings. The highest BCUT2D eigenvalue weighted by atomic mass is 16.4. The molecule has 3 rings (SSSR count). The normalized spacial score (nSPS) is 10.6. The molecule has 0 saturated heterocycles. The van der Waals surface area contributed by atoms with Crippen molar-refractivity contribution in [3.05, 3.63) is 59.2 Å². The number of benzene rings is 1. The van der Waals surface area contributed by atoms with E-state index in [1.807, 2.05) is 31.2 Å². The summed E-state index contributed by atoms with van der Waals surface area (Å²) in [5, 5.41) is 19.6. The summed E-state index contributed by atoms with van der Waals surface area (Å²) in [6.07, 6.45) is 2.70. The largest absolute Gasteiger partial charge is 0.477 e. The topological polar surface area (TPSA) is 115 Å². The molecule has 2 heterocycles. The van der Waals surface area contributed by atoms with Crippen molar-refractivity contribution < 1.29 is 14.7 Å². The molecule has 0 aliphatic rings. The lowest BCUT2D eigenvalue weighted by molar-refractivity contribution is 0.0680. The summed E-state index contributed by atoms with van der Waals surface area (Å²) in [6, 6.07) is 7.90. The molecule has 2 N–H and O–H groups in total. The van der Waals surface area contributed by atoms with E-state index in [2.05, 4.69) is 20.5 Å². The molecule has 0 spiro atoms. The average Bonchev–Trinajstić information content (AvgIpc) is 3.16. The molecule has 1 aromatic carbocycles. The van der Waals surface area contributed by atoms with Crippen LogP contribution in [0.5, 0.6) is 0 Å². The molecule has 3 aromatic rings. The lowest BCUT2D eigenvalue weighted by Crippen LogP contribution is -2.18. The van der Waals surface area contributed by atoms with Gasteiger partial charge in [-0.3, -0.25) is 14.8 Å². The Labute approximate surface area is 142 Å². The maximum atomic E-state index is 12.3. The number of anilines is 1. The van der Waals surface area contributed by atoms with Crippen LogP contribution in [0.15, 0.2) is 36.8 Å². The molecule has 2 aromatic heterocycles. The number of aryl methyl sites for hydroxylation is 2. The molecule has 25 heavy (non-hydrogen) atoms. The van der Waals surface area contributed by atoms with Gasteiger partial charge in [-0.05, 0) is 18.1 Å². The summed E-state index contributed by atoms with van der Waals surface area (Å²) < 4.78 is 2.72. The maximum Gasteiger partial charge on any atom is 0.354 e. The third kappa shape index (κ3) is 3.39. The number of carbonyl (C=O) groups excluding carboxylic acids is 1. The number of hydrogen-bond acceptors (Lipinski definition) is 5. The van der Waals surface area contributed by atoms with Crippen molar-refractivity contribution in [2.75, 3.05) is 5.32 Å². The zero-order valence-electron chi connectivity index (χ0n) is 13.7. The van der Waals surface area contributed by atoms with Crippen LogP contribution in [-0.2, 0) is 13.6 Å². The number of aromatic carboxylic acids is 1. The Balaban J connectivity index is 1.75. The van der Waals surface area contributed by atoms with Crippen molar-refractivity contribution in [2.24, 2.45) is 7.05 Å². The molecule has 128 valence electrons. The fraction of sp³-hybridized carbons (Fsp3) is 0.188. The van der Waals surface area contributed by atoms with E-state index in [1.165, 1.54) is 19.6 Å². The second-order valence-corrected chi connectivity index (χ2v) is 5.48. The van der Waals surface area contributed by atoms with E-state index in [0.29, 0.717) is 6.54 Å². The van der Waals surface area contributed by atoms with Gasteiger partial charge < -0.3 is 5.11 Å². The van der Waals surface area contributed by atoms with Crippen molar-refractivity contribution in [1.82, 2.24) is 24.5 Å². The highest BCUT2D eigenvalue weighted by molar-refractivity contribution is 6.09. The number of carboxylic acid groups (broad SMARTS) is 1. The lowest BCUT2D eigenvalue weighted by Gasteiger charge is -2.04. The minimum Gasteiger partial charge on any atom is -0.477 e. The number of hydrogen-bond donors (Lipinski definition) is 2. The first kappa shape index (κ1) is 16.4. The maximum absolute atomic E-state index is 12.3. The summed E-state index contributed by atoms with van der Waals surface area (Å²) in [4.78, 5) is 27.5. The first-order valence-electron chi connectivity index (χ1n) is 7.46. The van der Waals surface area contributed by atoms with Crippen molar-refractivity contribution in [3.63, 3.8) is 0 Å². The van der Waals surface area contributed by atoms with Crippen LogP contribution in [0, 0.1) is 6.92 Å². The van der Waals surface area contributed by atoms with Gasteiger partial charge in [-0.1, -0.05) is 24.3 Å². The minimum atomic E-state index is -1.23. The van der Waals surface area contributed by atoms with E-state index in [-0.39, 0.29) is 17.2 Å². The second-order valence-electron chi connectivity index (χ2n) is 5.48. The highest BCUT2D eigenvalue weighted by Crippen LogP contribution is 2.11. The van der Waals surface area contributed by atoms with Crippen LogP contribution < -0.4 is 5.32 Å². The van der Waals surface area contributed by atoms with Gasteiger partial charge in [-0.2, -0.15) is 5.10 Å². The molecular formula is C16H16N6O3. The molecule has 0 aliphatic heterocycles. The molecular weight excluding hydrogens is 324 g/mol. The molecule has 9 heteroatoms. The standard InChI is InChI=1S/C16H16N6O3/c1-10-5-3-4-6-11(10)8-22-9-17-16(20-22)19-14(23)12-7-18-21(2)13(12)15(24)25/h3-7,9H,8H2,1-2H3,(H,24,25)(H,19,20,23). The van der Waals surface area contributed by atoms with Crippen LogP contribution in [0.3, 0.4) is 0 Å². The van der Waals surface area contributed by atoms with Crippen LogP contribution in [0.25, 0.3) is 0 Å². The van der Waals surface area contributed by atoms with Crippen molar-refractivity contribution >= 4 is 17.8 Å². The Morgan fingerprint density at radius 2 is 2.04 bits per heavy atom. The number of rotatable bonds is 5. The predicted octanol–water partition coefficient (Wildman–Crippen LogP) is 1.32. The number of carboxylic acids is 1. The Morgan fingerprint density at radius 1 is 1.28 bits per heavy atom. The average molecular weight is 340 g/mol. The van der Waals surface area contributed by atoms with Crippen molar-refractivity contribution in [1.29, 1.82) is 0 Å². The van der Waals surface area contributed by atoms with E-state index in [1.54, 1.807) is 4.68 Å². The van der Waals surface area contributed by atoms with Crippen LogP contribution in [0.4, 0.5) is 5.95 Å². The second kappa shape index (κ2) is 6.56. The Kier molecular flexibility index (Phi) is 4.29. The molecule has 0 aliphatic carbocycles. The van der Waals surface area contributed by atoms with E-state index in [4.69, 9.17) is 5.11 Å². The van der Waals surface area contributed by atoms with Gasteiger partial charge in [0.15, 0.2) is 5.69 Å². The zero-order valence-corrected chi connectivity index (χ0v) is 13.7. The molecule has 0 atom stereocenters. The van der Waals surface area contributed by atoms with Crippen molar-refractivity contribution in [3.8, 4) is 0 Å². The summed E-state index contributed by atoms with van der Waals surface area (Å²) in [6.45, 7) is 2.52. The molecule has 0 radical (unpaired) electrons.